The molecule has 6 nitrogen and oxygen atoms in total. The first-order valence-corrected chi connectivity index (χ1v) is 8.83. The molecule has 0 aromatic heterocycles. The van der Waals surface area contributed by atoms with Gasteiger partial charge in [-0.15, -0.1) is 0 Å². The van der Waals surface area contributed by atoms with Gasteiger partial charge >= 0.3 is 0 Å². The van der Waals surface area contributed by atoms with Crippen molar-refractivity contribution in [2.24, 2.45) is 0 Å². The molecule has 1 atom stereocenters. The first-order chi connectivity index (χ1) is 9.16. The van der Waals surface area contributed by atoms with Crippen LogP contribution in [0.3, 0.4) is 0 Å². The Hall–Kier alpha value is -0.210. The fraction of sp³-hybridized carbons (Fsp3) is 1.00. The molecule has 1 unspecified atom stereocenters. The van der Waals surface area contributed by atoms with Gasteiger partial charge in [0.1, 0.15) is 0 Å². The van der Waals surface area contributed by atoms with E-state index in [-0.39, 0.29) is 11.9 Å². The maximum atomic E-state index is 11.9. The van der Waals surface area contributed by atoms with Crippen LogP contribution in [0.5, 0.6) is 0 Å². The van der Waals surface area contributed by atoms with Crippen molar-refractivity contribution >= 4 is 10.0 Å². The fourth-order valence-electron chi connectivity index (χ4n) is 2.50. The molecule has 19 heavy (non-hydrogen) atoms. The molecule has 0 spiro atoms. The van der Waals surface area contributed by atoms with Gasteiger partial charge < -0.3 is 10.1 Å². The normalized spacial score (nSPS) is 25.8. The van der Waals surface area contributed by atoms with Gasteiger partial charge in [-0.05, 0) is 19.3 Å². The third-order valence-corrected chi connectivity index (χ3v) is 5.06. The number of nitrogens with zero attached hydrogens (tertiary/aromatic N) is 1. The summed E-state index contributed by atoms with van der Waals surface area (Å²) >= 11 is 0. The zero-order valence-electron chi connectivity index (χ0n) is 11.4. The highest BCUT2D eigenvalue weighted by Gasteiger charge is 2.18. The Labute approximate surface area is 115 Å². The molecule has 7 heteroatoms. The van der Waals surface area contributed by atoms with Crippen LogP contribution in [0.2, 0.25) is 0 Å². The van der Waals surface area contributed by atoms with Crippen molar-refractivity contribution in [2.75, 3.05) is 51.6 Å². The van der Waals surface area contributed by atoms with E-state index in [2.05, 4.69) is 14.9 Å². The molecule has 0 saturated carbocycles. The Bertz CT molecular complexity index is 349. The Balaban J connectivity index is 1.60. The van der Waals surface area contributed by atoms with Gasteiger partial charge in [0.15, 0.2) is 0 Å². The maximum absolute atomic E-state index is 11.9. The van der Waals surface area contributed by atoms with E-state index in [0.717, 1.165) is 52.0 Å². The summed E-state index contributed by atoms with van der Waals surface area (Å²) in [6.07, 6.45) is 3.19. The Morgan fingerprint density at radius 2 is 2.11 bits per heavy atom. The summed E-state index contributed by atoms with van der Waals surface area (Å²) in [7, 11) is -3.14. The lowest BCUT2D eigenvalue weighted by Gasteiger charge is -2.26. The highest BCUT2D eigenvalue weighted by Crippen LogP contribution is 2.14. The van der Waals surface area contributed by atoms with Crippen LogP contribution in [-0.2, 0) is 14.8 Å². The summed E-state index contributed by atoms with van der Waals surface area (Å²) in [5.74, 6) is 0.193. The van der Waals surface area contributed by atoms with E-state index in [9.17, 15) is 8.42 Å². The van der Waals surface area contributed by atoms with E-state index in [0.29, 0.717) is 13.1 Å². The van der Waals surface area contributed by atoms with E-state index in [4.69, 9.17) is 4.74 Å². The smallest absolute Gasteiger partial charge is 0.212 e. The number of rotatable bonds is 7. The van der Waals surface area contributed by atoms with Gasteiger partial charge in [-0.2, -0.15) is 0 Å². The average Bonchev–Trinajstić information content (AvgIpc) is 2.91. The molecule has 2 saturated heterocycles. The lowest BCUT2D eigenvalue weighted by atomic mass is 10.2. The molecule has 0 aliphatic carbocycles. The summed E-state index contributed by atoms with van der Waals surface area (Å²) in [5, 5.41) is 3.26. The van der Waals surface area contributed by atoms with Crippen LogP contribution < -0.4 is 10.0 Å². The SMILES string of the molecule is O=S(=O)(CCN1CCNCC1)NCCC1CCCO1. The van der Waals surface area contributed by atoms with Crippen molar-refractivity contribution in [3.05, 3.63) is 0 Å². The molecule has 2 aliphatic heterocycles. The molecule has 0 radical (unpaired) electrons. The second-order valence-corrected chi connectivity index (χ2v) is 7.15. The van der Waals surface area contributed by atoms with Crippen molar-refractivity contribution in [3.63, 3.8) is 0 Å². The Morgan fingerprint density at radius 1 is 1.32 bits per heavy atom. The maximum Gasteiger partial charge on any atom is 0.212 e. The van der Waals surface area contributed by atoms with E-state index in [1.165, 1.54) is 0 Å². The molecular weight excluding hydrogens is 266 g/mol. The molecule has 2 rings (SSSR count). The van der Waals surface area contributed by atoms with Crippen LogP contribution in [0, 0.1) is 0 Å². The molecule has 0 aromatic carbocycles. The van der Waals surface area contributed by atoms with Crippen molar-refractivity contribution in [1.29, 1.82) is 0 Å². The van der Waals surface area contributed by atoms with E-state index < -0.39 is 10.0 Å². The van der Waals surface area contributed by atoms with Gasteiger partial charge in [-0.25, -0.2) is 13.1 Å². The summed E-state index contributed by atoms with van der Waals surface area (Å²) in [6, 6.07) is 0. The minimum Gasteiger partial charge on any atom is -0.378 e. The summed E-state index contributed by atoms with van der Waals surface area (Å²) in [4.78, 5) is 2.19. The van der Waals surface area contributed by atoms with Crippen molar-refractivity contribution in [3.8, 4) is 0 Å². The topological polar surface area (TPSA) is 70.7 Å². The van der Waals surface area contributed by atoms with E-state index in [1.807, 2.05) is 0 Å². The predicted molar refractivity (Wildman–Crippen MR) is 74.7 cm³/mol. The van der Waals surface area contributed by atoms with Crippen LogP contribution >= 0.6 is 0 Å². The van der Waals surface area contributed by atoms with Gasteiger partial charge in [-0.3, -0.25) is 4.90 Å². The minimum atomic E-state index is -3.14. The first kappa shape index (κ1) is 15.2. The summed E-state index contributed by atoms with van der Waals surface area (Å²) < 4.78 is 31.9. The number of hydrogen-bond donors (Lipinski definition) is 2. The molecule has 2 N–H and O–H groups in total. The average molecular weight is 291 g/mol. The summed E-state index contributed by atoms with van der Waals surface area (Å²) in [6.45, 7) is 5.71. The second kappa shape index (κ2) is 7.54. The van der Waals surface area contributed by atoms with Crippen molar-refractivity contribution in [1.82, 2.24) is 14.9 Å². The van der Waals surface area contributed by atoms with Crippen LogP contribution in [0.25, 0.3) is 0 Å². The number of nitrogens with one attached hydrogen (secondary N) is 2. The predicted octanol–water partition coefficient (Wildman–Crippen LogP) is -0.620. The number of sulfonamides is 1. The third kappa shape index (κ3) is 5.74. The second-order valence-electron chi connectivity index (χ2n) is 5.23. The van der Waals surface area contributed by atoms with Crippen LogP contribution in [0.15, 0.2) is 0 Å². The summed E-state index contributed by atoms with van der Waals surface area (Å²) in [5.41, 5.74) is 0. The zero-order valence-corrected chi connectivity index (χ0v) is 12.3. The molecule has 2 aliphatic rings. The lowest BCUT2D eigenvalue weighted by Crippen LogP contribution is -2.46. The molecule has 2 fully saturated rings. The lowest BCUT2D eigenvalue weighted by molar-refractivity contribution is 0.105. The highest BCUT2D eigenvalue weighted by atomic mass is 32.2. The molecule has 112 valence electrons. The van der Waals surface area contributed by atoms with Gasteiger partial charge in [0.25, 0.3) is 0 Å². The van der Waals surface area contributed by atoms with Crippen LogP contribution in [0.1, 0.15) is 19.3 Å². The van der Waals surface area contributed by atoms with Crippen LogP contribution in [-0.4, -0.2) is 71.0 Å². The zero-order chi connectivity index (χ0) is 13.6. The monoisotopic (exact) mass is 291 g/mol. The van der Waals surface area contributed by atoms with Gasteiger partial charge in [0, 0.05) is 45.9 Å². The van der Waals surface area contributed by atoms with Crippen LogP contribution in [0.4, 0.5) is 0 Å². The molecule has 0 aromatic rings. The van der Waals surface area contributed by atoms with Crippen molar-refractivity contribution < 1.29 is 13.2 Å². The Morgan fingerprint density at radius 3 is 2.79 bits per heavy atom. The van der Waals surface area contributed by atoms with E-state index in [1.54, 1.807) is 0 Å². The number of piperazine rings is 1. The number of ether oxygens (including phenoxy) is 1. The van der Waals surface area contributed by atoms with Gasteiger partial charge in [0.2, 0.25) is 10.0 Å². The van der Waals surface area contributed by atoms with Crippen molar-refractivity contribution in [2.45, 2.75) is 25.4 Å². The molecule has 2 heterocycles. The molecular formula is C12H25N3O3S. The standard InChI is InChI=1S/C12H25N3O3S/c16-19(17,11-9-15-7-5-13-6-8-15)14-4-3-12-2-1-10-18-12/h12-14H,1-11H2. The van der Waals surface area contributed by atoms with Gasteiger partial charge in [-0.1, -0.05) is 0 Å². The van der Waals surface area contributed by atoms with E-state index >= 15 is 0 Å². The highest BCUT2D eigenvalue weighted by molar-refractivity contribution is 7.89. The first-order valence-electron chi connectivity index (χ1n) is 7.18. The minimum absolute atomic E-state index is 0.193. The fourth-order valence-corrected chi connectivity index (χ4v) is 3.58. The van der Waals surface area contributed by atoms with Gasteiger partial charge in [0.05, 0.1) is 11.9 Å². The largest absolute Gasteiger partial charge is 0.378 e. The molecule has 0 amide bonds. The number of hydrogen-bond acceptors (Lipinski definition) is 5. The Kier molecular flexibility index (Phi) is 6.03. The quantitative estimate of drug-likeness (QED) is 0.654. The molecule has 0 bridgehead atoms. The third-order valence-electron chi connectivity index (χ3n) is 3.70.